The molecule has 2 aromatic rings. The quantitative estimate of drug-likeness (QED) is 0.667. The van der Waals surface area contributed by atoms with E-state index in [4.69, 9.17) is 9.47 Å². The van der Waals surface area contributed by atoms with Crippen molar-refractivity contribution in [1.82, 2.24) is 4.90 Å². The fraction of sp³-hybridized carbons (Fsp3) is 0.304. The zero-order chi connectivity index (χ0) is 20.1. The van der Waals surface area contributed by atoms with Gasteiger partial charge in [0, 0.05) is 12.4 Å². The lowest BCUT2D eigenvalue weighted by Crippen LogP contribution is -2.30. The summed E-state index contributed by atoms with van der Waals surface area (Å²) in [5.41, 5.74) is 2.46. The summed E-state index contributed by atoms with van der Waals surface area (Å²) in [6, 6.07) is 17.6. The first-order valence-corrected chi connectivity index (χ1v) is 10.8. The molecule has 1 saturated heterocycles. The maximum Gasteiger partial charge on any atom is 0.278 e. The van der Waals surface area contributed by atoms with Crippen LogP contribution in [0.1, 0.15) is 24.0 Å². The van der Waals surface area contributed by atoms with E-state index in [9.17, 15) is 4.79 Å². The van der Waals surface area contributed by atoms with Crippen LogP contribution in [0, 0.1) is 0 Å². The highest BCUT2D eigenvalue weighted by Crippen LogP contribution is 2.28. The number of ether oxygens (including phenoxy) is 2. The molecule has 1 amide bonds. The smallest absolute Gasteiger partial charge is 0.278 e. The van der Waals surface area contributed by atoms with Crippen molar-refractivity contribution in [2.24, 2.45) is 4.99 Å². The van der Waals surface area contributed by atoms with Crippen LogP contribution in [-0.2, 0) is 16.1 Å². The normalized spacial score (nSPS) is 20.4. The fourth-order valence-corrected chi connectivity index (χ4v) is 4.41. The second kappa shape index (κ2) is 9.29. The number of carbonyl (C=O) groups excluding carboxylic acids is 1. The predicted octanol–water partition coefficient (Wildman–Crippen LogP) is 4.35. The minimum Gasteiger partial charge on any atom is -0.497 e. The van der Waals surface area contributed by atoms with Crippen molar-refractivity contribution in [1.29, 1.82) is 0 Å². The van der Waals surface area contributed by atoms with Gasteiger partial charge in [-0.3, -0.25) is 9.69 Å². The van der Waals surface area contributed by atoms with E-state index < -0.39 is 0 Å². The van der Waals surface area contributed by atoms with Crippen LogP contribution >= 0.6 is 11.8 Å². The molecular weight excluding hydrogens is 384 g/mol. The maximum absolute atomic E-state index is 13.1. The second-order valence-electron chi connectivity index (χ2n) is 7.02. The zero-order valence-corrected chi connectivity index (χ0v) is 17.2. The molecule has 150 valence electrons. The summed E-state index contributed by atoms with van der Waals surface area (Å²) in [5.74, 6) is 1.53. The molecule has 0 spiro atoms. The van der Waals surface area contributed by atoms with Crippen molar-refractivity contribution < 1.29 is 14.3 Å². The number of benzene rings is 2. The van der Waals surface area contributed by atoms with Gasteiger partial charge in [0.1, 0.15) is 11.4 Å². The lowest BCUT2D eigenvalue weighted by atomic mass is 10.1. The number of methoxy groups -OCH3 is 1. The van der Waals surface area contributed by atoms with E-state index in [-0.39, 0.29) is 12.0 Å². The Labute approximate surface area is 175 Å². The Morgan fingerprint density at radius 1 is 1.21 bits per heavy atom. The van der Waals surface area contributed by atoms with Crippen LogP contribution in [0.25, 0.3) is 6.08 Å². The Morgan fingerprint density at radius 2 is 2.00 bits per heavy atom. The molecule has 0 saturated carbocycles. The first-order valence-electron chi connectivity index (χ1n) is 9.77. The van der Waals surface area contributed by atoms with Crippen LogP contribution in [-0.4, -0.2) is 41.5 Å². The van der Waals surface area contributed by atoms with Gasteiger partial charge in [-0.25, -0.2) is 4.99 Å². The predicted molar refractivity (Wildman–Crippen MR) is 117 cm³/mol. The van der Waals surface area contributed by atoms with Gasteiger partial charge in [-0.2, -0.15) is 0 Å². The molecule has 0 radical (unpaired) electrons. The van der Waals surface area contributed by atoms with E-state index in [0.29, 0.717) is 12.2 Å². The lowest BCUT2D eigenvalue weighted by Gasteiger charge is -2.18. The van der Waals surface area contributed by atoms with E-state index in [1.54, 1.807) is 23.8 Å². The van der Waals surface area contributed by atoms with Crippen molar-refractivity contribution in [2.45, 2.75) is 25.5 Å². The number of amidine groups is 1. The van der Waals surface area contributed by atoms with E-state index >= 15 is 0 Å². The number of carbonyl (C=O) groups is 1. The molecule has 1 atom stereocenters. The Balaban J connectivity index is 1.55. The highest BCUT2D eigenvalue weighted by molar-refractivity contribution is 8.13. The second-order valence-corrected chi connectivity index (χ2v) is 8.01. The van der Waals surface area contributed by atoms with Crippen molar-refractivity contribution in [3.05, 3.63) is 71.4 Å². The van der Waals surface area contributed by atoms with Gasteiger partial charge in [-0.05, 0) is 42.2 Å². The van der Waals surface area contributed by atoms with Gasteiger partial charge in [0.15, 0.2) is 5.17 Å². The molecule has 2 aromatic carbocycles. The summed E-state index contributed by atoms with van der Waals surface area (Å²) < 4.78 is 10.9. The number of rotatable bonds is 6. The zero-order valence-electron chi connectivity index (χ0n) is 16.4. The third-order valence-corrected chi connectivity index (χ3v) is 6.04. The van der Waals surface area contributed by atoms with Gasteiger partial charge in [-0.15, -0.1) is 0 Å². The molecule has 0 aromatic heterocycles. The summed E-state index contributed by atoms with van der Waals surface area (Å²) >= 11 is 1.60. The highest BCUT2D eigenvalue weighted by Gasteiger charge is 2.31. The first kappa shape index (κ1) is 19.7. The molecule has 4 rings (SSSR count). The molecule has 0 aliphatic carbocycles. The Morgan fingerprint density at radius 3 is 2.69 bits per heavy atom. The van der Waals surface area contributed by atoms with Crippen molar-refractivity contribution in [3.8, 4) is 5.75 Å². The third kappa shape index (κ3) is 4.89. The van der Waals surface area contributed by atoms with Gasteiger partial charge in [0.05, 0.1) is 19.8 Å². The molecule has 1 unspecified atom stereocenters. The van der Waals surface area contributed by atoms with Gasteiger partial charge >= 0.3 is 0 Å². The first-order chi connectivity index (χ1) is 14.2. The Kier molecular flexibility index (Phi) is 6.32. The van der Waals surface area contributed by atoms with Crippen molar-refractivity contribution >= 4 is 28.9 Å². The summed E-state index contributed by atoms with van der Waals surface area (Å²) in [6.45, 7) is 1.34. The summed E-state index contributed by atoms with van der Waals surface area (Å²) in [6.07, 6.45) is 4.25. The molecule has 2 heterocycles. The fourth-order valence-electron chi connectivity index (χ4n) is 3.35. The Hall–Kier alpha value is -2.57. The van der Waals surface area contributed by atoms with Gasteiger partial charge < -0.3 is 9.47 Å². The van der Waals surface area contributed by atoms with E-state index in [1.165, 1.54) is 0 Å². The van der Waals surface area contributed by atoms with Gasteiger partial charge in [0.25, 0.3) is 5.91 Å². The average Bonchev–Trinajstić information content (AvgIpc) is 3.38. The molecule has 5 nitrogen and oxygen atoms in total. The number of thioether (sulfide) groups is 1. The number of aliphatic imine (C=N–C) groups is 1. The SMILES string of the molecule is COc1ccc(/C=C2\N=C(SCC3CCCO3)N(Cc3ccccc3)C2=O)cc1. The summed E-state index contributed by atoms with van der Waals surface area (Å²) in [7, 11) is 1.64. The van der Waals surface area contributed by atoms with Crippen molar-refractivity contribution in [3.63, 3.8) is 0 Å². The molecule has 6 heteroatoms. The standard InChI is InChI=1S/C23H24N2O3S/c1-27-19-11-9-17(10-12-19)14-21-22(26)25(15-18-6-3-2-4-7-18)23(24-21)29-16-20-8-5-13-28-20/h2-4,6-7,9-12,14,20H,5,8,13,15-16H2,1H3/b21-14-. The van der Waals surface area contributed by atoms with Crippen LogP contribution in [0.4, 0.5) is 0 Å². The molecule has 2 aliphatic heterocycles. The number of amides is 1. The lowest BCUT2D eigenvalue weighted by molar-refractivity contribution is -0.122. The minimum atomic E-state index is -0.0699. The van der Waals surface area contributed by atoms with Gasteiger partial charge in [0.2, 0.25) is 0 Å². The maximum atomic E-state index is 13.1. The van der Waals surface area contributed by atoms with Crippen LogP contribution in [0.5, 0.6) is 5.75 Å². The number of nitrogens with zero attached hydrogens (tertiary/aromatic N) is 2. The number of hydrogen-bond donors (Lipinski definition) is 0. The molecule has 2 aliphatic rings. The topological polar surface area (TPSA) is 51.1 Å². The molecule has 0 bridgehead atoms. The van der Waals surface area contributed by atoms with E-state index in [2.05, 4.69) is 4.99 Å². The summed E-state index contributed by atoms with van der Waals surface area (Å²) in [5, 5.41) is 0.745. The average molecular weight is 409 g/mol. The highest BCUT2D eigenvalue weighted by atomic mass is 32.2. The van der Waals surface area contributed by atoms with Gasteiger partial charge in [-0.1, -0.05) is 54.2 Å². The van der Waals surface area contributed by atoms with Crippen LogP contribution in [0.2, 0.25) is 0 Å². The van der Waals surface area contributed by atoms with Crippen LogP contribution < -0.4 is 4.74 Å². The molecule has 1 fully saturated rings. The third-order valence-electron chi connectivity index (χ3n) is 4.94. The van der Waals surface area contributed by atoms with Crippen LogP contribution in [0.15, 0.2) is 65.3 Å². The van der Waals surface area contributed by atoms with Crippen molar-refractivity contribution in [2.75, 3.05) is 19.5 Å². The summed E-state index contributed by atoms with van der Waals surface area (Å²) in [4.78, 5) is 19.6. The minimum absolute atomic E-state index is 0.0699. The van der Waals surface area contributed by atoms with Crippen LogP contribution in [0.3, 0.4) is 0 Å². The Bertz CT molecular complexity index is 903. The largest absolute Gasteiger partial charge is 0.497 e. The molecule has 29 heavy (non-hydrogen) atoms. The molecular formula is C23H24N2O3S. The monoisotopic (exact) mass is 408 g/mol. The van der Waals surface area contributed by atoms with E-state index in [1.807, 2.05) is 60.7 Å². The van der Waals surface area contributed by atoms with E-state index in [0.717, 1.165) is 47.2 Å². The molecule has 0 N–H and O–H groups in total. The number of hydrogen-bond acceptors (Lipinski definition) is 5.